The van der Waals surface area contributed by atoms with Gasteiger partial charge in [-0.2, -0.15) is 5.10 Å². The van der Waals surface area contributed by atoms with Gasteiger partial charge in [-0.25, -0.2) is 9.50 Å². The first-order chi connectivity index (χ1) is 6.07. The van der Waals surface area contributed by atoms with E-state index in [0.717, 1.165) is 11.3 Å². The number of aromatic nitrogens is 3. The monoisotopic (exact) mass is 175 g/mol. The molecule has 0 radical (unpaired) electrons. The molecule has 2 aromatic rings. The second-order valence-electron chi connectivity index (χ2n) is 4.20. The summed E-state index contributed by atoms with van der Waals surface area (Å²) in [6, 6.07) is 3.91. The molecule has 0 aliphatic heterocycles. The molecule has 0 bridgehead atoms. The van der Waals surface area contributed by atoms with Gasteiger partial charge in [-0.3, -0.25) is 0 Å². The summed E-state index contributed by atoms with van der Waals surface area (Å²) in [5.74, 6) is 0. The Bertz CT molecular complexity index is 390. The average Bonchev–Trinajstić information content (AvgIpc) is 2.45. The minimum Gasteiger partial charge on any atom is -0.237 e. The summed E-state index contributed by atoms with van der Waals surface area (Å²) in [4.78, 5) is 4.22. The molecule has 68 valence electrons. The quantitative estimate of drug-likeness (QED) is 0.613. The first-order valence-corrected chi connectivity index (χ1v) is 4.38. The van der Waals surface area contributed by atoms with E-state index in [2.05, 4.69) is 30.9 Å². The molecule has 0 saturated carbocycles. The van der Waals surface area contributed by atoms with Crippen LogP contribution in [0.4, 0.5) is 0 Å². The van der Waals surface area contributed by atoms with Gasteiger partial charge in [-0.1, -0.05) is 20.8 Å². The summed E-state index contributed by atoms with van der Waals surface area (Å²) in [5, 5.41) is 4.44. The van der Waals surface area contributed by atoms with Crippen LogP contribution in [0.3, 0.4) is 0 Å². The summed E-state index contributed by atoms with van der Waals surface area (Å²) in [6.45, 7) is 6.44. The third kappa shape index (κ3) is 1.41. The molecule has 2 aromatic heterocycles. The van der Waals surface area contributed by atoms with Gasteiger partial charge in [0, 0.05) is 23.9 Å². The van der Waals surface area contributed by atoms with Crippen molar-refractivity contribution in [3.63, 3.8) is 0 Å². The van der Waals surface area contributed by atoms with Crippen molar-refractivity contribution in [2.24, 2.45) is 0 Å². The van der Waals surface area contributed by atoms with Crippen molar-refractivity contribution in [2.75, 3.05) is 0 Å². The maximum Gasteiger partial charge on any atom is 0.155 e. The highest BCUT2D eigenvalue weighted by Gasteiger charge is 2.17. The van der Waals surface area contributed by atoms with Crippen molar-refractivity contribution in [1.29, 1.82) is 0 Å². The van der Waals surface area contributed by atoms with Gasteiger partial charge < -0.3 is 0 Å². The molecule has 0 fully saturated rings. The van der Waals surface area contributed by atoms with E-state index in [0.29, 0.717) is 0 Å². The van der Waals surface area contributed by atoms with Gasteiger partial charge in [0.15, 0.2) is 5.65 Å². The topological polar surface area (TPSA) is 30.2 Å². The van der Waals surface area contributed by atoms with Gasteiger partial charge in [-0.05, 0) is 6.07 Å². The van der Waals surface area contributed by atoms with Crippen LogP contribution in [0.5, 0.6) is 0 Å². The molecule has 13 heavy (non-hydrogen) atoms. The summed E-state index contributed by atoms with van der Waals surface area (Å²) in [7, 11) is 0. The molecule has 2 heterocycles. The van der Waals surface area contributed by atoms with Gasteiger partial charge in [0.05, 0.1) is 5.69 Å². The highest BCUT2D eigenvalue weighted by Crippen LogP contribution is 2.20. The molecule has 0 aliphatic rings. The largest absolute Gasteiger partial charge is 0.237 e. The number of nitrogens with zero attached hydrogens (tertiary/aromatic N) is 3. The van der Waals surface area contributed by atoms with Crippen molar-refractivity contribution in [1.82, 2.24) is 14.6 Å². The van der Waals surface area contributed by atoms with Crippen molar-refractivity contribution >= 4 is 5.65 Å². The molecular formula is C10H13N3. The van der Waals surface area contributed by atoms with E-state index in [9.17, 15) is 0 Å². The van der Waals surface area contributed by atoms with E-state index in [1.54, 1.807) is 10.7 Å². The molecular weight excluding hydrogens is 162 g/mol. The fourth-order valence-corrected chi connectivity index (χ4v) is 1.20. The standard InChI is InChI=1S/C10H13N3/c1-10(2,3)8-7-9-11-5-4-6-13(9)12-8/h4-7H,1-3H3. The van der Waals surface area contributed by atoms with Gasteiger partial charge >= 0.3 is 0 Å². The highest BCUT2D eigenvalue weighted by molar-refractivity contribution is 5.40. The van der Waals surface area contributed by atoms with E-state index in [-0.39, 0.29) is 5.41 Å². The van der Waals surface area contributed by atoms with E-state index < -0.39 is 0 Å². The lowest BCUT2D eigenvalue weighted by atomic mass is 9.93. The van der Waals surface area contributed by atoms with Gasteiger partial charge in [-0.15, -0.1) is 0 Å². The van der Waals surface area contributed by atoms with E-state index in [1.165, 1.54) is 0 Å². The third-order valence-electron chi connectivity index (χ3n) is 2.00. The van der Waals surface area contributed by atoms with Crippen LogP contribution >= 0.6 is 0 Å². The average molecular weight is 175 g/mol. The molecule has 0 amide bonds. The second kappa shape index (κ2) is 2.55. The fraction of sp³-hybridized carbons (Fsp3) is 0.400. The van der Waals surface area contributed by atoms with Crippen LogP contribution < -0.4 is 0 Å². The minimum atomic E-state index is 0.0910. The first-order valence-electron chi connectivity index (χ1n) is 4.38. The zero-order chi connectivity index (χ0) is 9.47. The van der Waals surface area contributed by atoms with Crippen LogP contribution in [-0.4, -0.2) is 14.6 Å². The smallest absolute Gasteiger partial charge is 0.155 e. The predicted octanol–water partition coefficient (Wildman–Crippen LogP) is 2.03. The zero-order valence-corrected chi connectivity index (χ0v) is 8.15. The molecule has 2 rings (SSSR count). The van der Waals surface area contributed by atoms with Crippen LogP contribution in [0.2, 0.25) is 0 Å². The molecule has 0 spiro atoms. The summed E-state index contributed by atoms with van der Waals surface area (Å²) < 4.78 is 1.81. The maximum atomic E-state index is 4.44. The Balaban J connectivity index is 2.63. The molecule has 0 atom stereocenters. The molecule has 0 saturated heterocycles. The Labute approximate surface area is 77.4 Å². The Morgan fingerprint density at radius 2 is 2.08 bits per heavy atom. The number of rotatable bonds is 0. The van der Waals surface area contributed by atoms with Crippen LogP contribution in [-0.2, 0) is 5.41 Å². The lowest BCUT2D eigenvalue weighted by Gasteiger charge is -2.13. The highest BCUT2D eigenvalue weighted by atomic mass is 15.2. The van der Waals surface area contributed by atoms with Crippen molar-refractivity contribution < 1.29 is 0 Å². The Kier molecular flexibility index (Phi) is 1.62. The lowest BCUT2D eigenvalue weighted by molar-refractivity contribution is 0.562. The molecule has 0 aliphatic carbocycles. The number of hydrogen-bond acceptors (Lipinski definition) is 2. The third-order valence-corrected chi connectivity index (χ3v) is 2.00. The zero-order valence-electron chi connectivity index (χ0n) is 8.15. The predicted molar refractivity (Wildman–Crippen MR) is 51.7 cm³/mol. The Morgan fingerprint density at radius 3 is 2.69 bits per heavy atom. The van der Waals surface area contributed by atoms with E-state index >= 15 is 0 Å². The molecule has 3 heteroatoms. The van der Waals surface area contributed by atoms with Crippen LogP contribution in [0, 0.1) is 0 Å². The SMILES string of the molecule is CC(C)(C)c1cc2ncccn2n1. The molecule has 0 N–H and O–H groups in total. The first kappa shape index (κ1) is 8.23. The Hall–Kier alpha value is -1.38. The number of fused-ring (bicyclic) bond motifs is 1. The molecule has 0 aromatic carbocycles. The van der Waals surface area contributed by atoms with Crippen molar-refractivity contribution in [3.05, 3.63) is 30.2 Å². The fourth-order valence-electron chi connectivity index (χ4n) is 1.20. The normalized spacial score (nSPS) is 12.2. The second-order valence-corrected chi connectivity index (χ2v) is 4.20. The van der Waals surface area contributed by atoms with E-state index in [1.807, 2.05) is 18.3 Å². The van der Waals surface area contributed by atoms with Gasteiger partial charge in [0.1, 0.15) is 0 Å². The Morgan fingerprint density at radius 1 is 1.31 bits per heavy atom. The van der Waals surface area contributed by atoms with Crippen LogP contribution in [0.15, 0.2) is 24.5 Å². The van der Waals surface area contributed by atoms with Gasteiger partial charge in [0.25, 0.3) is 0 Å². The molecule has 0 unspecified atom stereocenters. The van der Waals surface area contributed by atoms with Crippen LogP contribution in [0.1, 0.15) is 26.5 Å². The summed E-state index contributed by atoms with van der Waals surface area (Å²) in [6.07, 6.45) is 3.70. The minimum absolute atomic E-state index is 0.0910. The lowest BCUT2D eigenvalue weighted by Crippen LogP contribution is -2.11. The van der Waals surface area contributed by atoms with Crippen LogP contribution in [0.25, 0.3) is 5.65 Å². The number of hydrogen-bond donors (Lipinski definition) is 0. The van der Waals surface area contributed by atoms with Crippen molar-refractivity contribution in [3.8, 4) is 0 Å². The summed E-state index contributed by atoms with van der Waals surface area (Å²) >= 11 is 0. The van der Waals surface area contributed by atoms with Crippen molar-refractivity contribution in [2.45, 2.75) is 26.2 Å². The maximum absolute atomic E-state index is 4.44. The van der Waals surface area contributed by atoms with E-state index in [4.69, 9.17) is 0 Å². The van der Waals surface area contributed by atoms with Gasteiger partial charge in [0.2, 0.25) is 0 Å². The summed E-state index contributed by atoms with van der Waals surface area (Å²) in [5.41, 5.74) is 2.08. The molecule has 3 nitrogen and oxygen atoms in total.